The second-order valence-corrected chi connectivity index (χ2v) is 3.92. The van der Waals surface area contributed by atoms with E-state index in [9.17, 15) is 0 Å². The second kappa shape index (κ2) is 6.24. The fourth-order valence-electron chi connectivity index (χ4n) is 2.05. The molecule has 2 rings (SSSR count). The van der Waals surface area contributed by atoms with Crippen LogP contribution in [0.5, 0.6) is 0 Å². The molecule has 90 valence electrons. The van der Waals surface area contributed by atoms with Crippen LogP contribution in [0.15, 0.2) is 36.9 Å². The van der Waals surface area contributed by atoms with Crippen LogP contribution in [-0.4, -0.2) is 0 Å². The predicted octanol–water partition coefficient (Wildman–Crippen LogP) is 5.38. The first-order valence-corrected chi connectivity index (χ1v) is 6.41. The zero-order chi connectivity index (χ0) is 12.8. The van der Waals surface area contributed by atoms with Crippen molar-refractivity contribution in [1.82, 2.24) is 0 Å². The topological polar surface area (TPSA) is 0 Å². The minimum absolute atomic E-state index is 1.06. The van der Waals surface area contributed by atoms with Crippen molar-refractivity contribution in [3.8, 4) is 0 Å². The highest BCUT2D eigenvalue weighted by atomic mass is 14.1. The molecule has 0 radical (unpaired) electrons. The Morgan fingerprint density at radius 2 is 1.76 bits per heavy atom. The van der Waals surface area contributed by atoms with Crippen molar-refractivity contribution in [2.45, 2.75) is 34.1 Å². The number of aryl methyl sites for hydroxylation is 2. The van der Waals surface area contributed by atoms with E-state index in [0.717, 1.165) is 6.42 Å². The molecule has 0 nitrogen and oxygen atoms in total. The maximum Gasteiger partial charge on any atom is -0.0106 e. The van der Waals surface area contributed by atoms with Crippen molar-refractivity contribution in [2.75, 3.05) is 0 Å². The monoisotopic (exact) mass is 226 g/mol. The van der Waals surface area contributed by atoms with E-state index in [1.54, 1.807) is 0 Å². The van der Waals surface area contributed by atoms with Gasteiger partial charge in [0, 0.05) is 0 Å². The summed E-state index contributed by atoms with van der Waals surface area (Å²) in [5, 5.41) is 2.62. The highest BCUT2D eigenvalue weighted by molar-refractivity contribution is 5.92. The maximum atomic E-state index is 3.92. The van der Waals surface area contributed by atoms with Gasteiger partial charge in [0.25, 0.3) is 0 Å². The molecule has 0 heterocycles. The van der Waals surface area contributed by atoms with E-state index in [1.165, 1.54) is 27.5 Å². The number of fused-ring (bicyclic) bond motifs is 1. The van der Waals surface area contributed by atoms with Gasteiger partial charge in [0.2, 0.25) is 0 Å². The third-order valence-electron chi connectivity index (χ3n) is 2.89. The van der Waals surface area contributed by atoms with E-state index in [2.05, 4.69) is 50.8 Å². The molecule has 0 aliphatic rings. The summed E-state index contributed by atoms with van der Waals surface area (Å²) < 4.78 is 0. The molecule has 0 bridgehead atoms. The van der Waals surface area contributed by atoms with Crippen molar-refractivity contribution in [2.24, 2.45) is 0 Å². The van der Waals surface area contributed by atoms with E-state index < -0.39 is 0 Å². The standard InChI is InChI=1S/C15H16.C2H6/c1-4-12-8-9-13-7-6-11(3)10-15(13)14(12)5-2;1-2/h5-10H,2,4H2,1,3H3;1-2H3. The Labute approximate surface area is 105 Å². The Morgan fingerprint density at radius 1 is 1.12 bits per heavy atom. The lowest BCUT2D eigenvalue weighted by atomic mass is 9.96. The summed E-state index contributed by atoms with van der Waals surface area (Å²) in [7, 11) is 0. The molecule has 0 N–H and O–H groups in total. The van der Waals surface area contributed by atoms with E-state index in [1.807, 2.05) is 19.9 Å². The summed E-state index contributed by atoms with van der Waals surface area (Å²) in [4.78, 5) is 0. The van der Waals surface area contributed by atoms with Gasteiger partial charge in [-0.3, -0.25) is 0 Å². The molecule has 0 unspecified atom stereocenters. The Kier molecular flexibility index (Phi) is 4.96. The Bertz CT molecular complexity index is 507. The first-order chi connectivity index (χ1) is 8.26. The largest absolute Gasteiger partial charge is 0.0984 e. The predicted molar refractivity (Wildman–Crippen MR) is 79.5 cm³/mol. The van der Waals surface area contributed by atoms with E-state index >= 15 is 0 Å². The lowest BCUT2D eigenvalue weighted by Gasteiger charge is -2.08. The third-order valence-corrected chi connectivity index (χ3v) is 2.89. The third kappa shape index (κ3) is 2.76. The lowest BCUT2D eigenvalue weighted by molar-refractivity contribution is 1.14. The molecule has 2 aromatic carbocycles. The minimum atomic E-state index is 1.06. The molecule has 0 heteroatoms. The van der Waals surface area contributed by atoms with Crippen molar-refractivity contribution in [3.05, 3.63) is 53.6 Å². The van der Waals surface area contributed by atoms with Gasteiger partial charge in [-0.25, -0.2) is 0 Å². The van der Waals surface area contributed by atoms with Crippen LogP contribution in [0, 0.1) is 6.92 Å². The van der Waals surface area contributed by atoms with Crippen molar-refractivity contribution >= 4 is 16.8 Å². The van der Waals surface area contributed by atoms with Gasteiger partial charge in [-0.2, -0.15) is 0 Å². The molecule has 0 saturated heterocycles. The zero-order valence-corrected chi connectivity index (χ0v) is 11.4. The molecule has 0 spiro atoms. The molecule has 0 aromatic heterocycles. The molecule has 0 fully saturated rings. The van der Waals surface area contributed by atoms with Crippen LogP contribution in [0.25, 0.3) is 16.8 Å². The summed E-state index contributed by atoms with van der Waals surface area (Å²) in [5.41, 5.74) is 3.97. The summed E-state index contributed by atoms with van der Waals surface area (Å²) in [6.45, 7) is 12.2. The minimum Gasteiger partial charge on any atom is -0.0984 e. The molecular weight excluding hydrogens is 204 g/mol. The van der Waals surface area contributed by atoms with Gasteiger partial charge in [0.05, 0.1) is 0 Å². The average Bonchev–Trinajstić information content (AvgIpc) is 2.39. The Morgan fingerprint density at radius 3 is 2.35 bits per heavy atom. The van der Waals surface area contributed by atoms with Crippen LogP contribution < -0.4 is 0 Å². The fourth-order valence-corrected chi connectivity index (χ4v) is 2.05. The quantitative estimate of drug-likeness (QED) is 0.645. The Balaban J connectivity index is 0.000000686. The summed E-state index contributed by atoms with van der Waals surface area (Å²) in [5.74, 6) is 0. The van der Waals surface area contributed by atoms with E-state index in [0.29, 0.717) is 0 Å². The van der Waals surface area contributed by atoms with Crippen LogP contribution >= 0.6 is 0 Å². The molecule has 0 aliphatic heterocycles. The fraction of sp³-hybridized carbons (Fsp3) is 0.294. The average molecular weight is 226 g/mol. The summed E-state index contributed by atoms with van der Waals surface area (Å²) in [6.07, 6.45) is 3.03. The molecule has 0 aliphatic carbocycles. The smallest absolute Gasteiger partial charge is 0.0106 e. The zero-order valence-electron chi connectivity index (χ0n) is 11.4. The molecule has 0 saturated carbocycles. The normalized spacial score (nSPS) is 9.65. The molecule has 17 heavy (non-hydrogen) atoms. The van der Waals surface area contributed by atoms with Crippen molar-refractivity contribution < 1.29 is 0 Å². The first-order valence-electron chi connectivity index (χ1n) is 6.41. The highest BCUT2D eigenvalue weighted by Gasteiger charge is 2.03. The van der Waals surface area contributed by atoms with Gasteiger partial charge < -0.3 is 0 Å². The van der Waals surface area contributed by atoms with Crippen LogP contribution in [0.2, 0.25) is 0 Å². The highest BCUT2D eigenvalue weighted by Crippen LogP contribution is 2.25. The van der Waals surface area contributed by atoms with Gasteiger partial charge >= 0.3 is 0 Å². The number of rotatable bonds is 2. The van der Waals surface area contributed by atoms with Crippen molar-refractivity contribution in [3.63, 3.8) is 0 Å². The SMILES string of the molecule is C=Cc1c(CC)ccc2ccc(C)cc12.CC. The molecular formula is C17H22. The summed E-state index contributed by atoms with van der Waals surface area (Å²) in [6, 6.07) is 11.0. The van der Waals surface area contributed by atoms with Gasteiger partial charge in [-0.1, -0.05) is 69.3 Å². The van der Waals surface area contributed by atoms with E-state index in [-0.39, 0.29) is 0 Å². The van der Waals surface area contributed by atoms with Crippen LogP contribution in [0.4, 0.5) is 0 Å². The summed E-state index contributed by atoms with van der Waals surface area (Å²) >= 11 is 0. The molecule has 0 atom stereocenters. The number of benzene rings is 2. The lowest BCUT2D eigenvalue weighted by Crippen LogP contribution is -1.88. The van der Waals surface area contributed by atoms with Gasteiger partial charge in [0.15, 0.2) is 0 Å². The van der Waals surface area contributed by atoms with Crippen molar-refractivity contribution in [1.29, 1.82) is 0 Å². The van der Waals surface area contributed by atoms with Crippen LogP contribution in [0.3, 0.4) is 0 Å². The van der Waals surface area contributed by atoms with Crippen LogP contribution in [-0.2, 0) is 6.42 Å². The first kappa shape index (κ1) is 13.5. The molecule has 0 amide bonds. The van der Waals surface area contributed by atoms with Gasteiger partial charge in [-0.15, -0.1) is 0 Å². The van der Waals surface area contributed by atoms with Gasteiger partial charge in [-0.05, 0) is 35.2 Å². The maximum absolute atomic E-state index is 3.92. The number of hydrogen-bond donors (Lipinski definition) is 0. The Hall–Kier alpha value is -1.56. The van der Waals surface area contributed by atoms with Gasteiger partial charge in [0.1, 0.15) is 0 Å². The van der Waals surface area contributed by atoms with E-state index in [4.69, 9.17) is 0 Å². The molecule has 2 aromatic rings. The van der Waals surface area contributed by atoms with Crippen LogP contribution in [0.1, 0.15) is 37.5 Å². The number of hydrogen-bond acceptors (Lipinski definition) is 0. The second-order valence-electron chi connectivity index (χ2n) is 3.92.